The number of anilines is 1. The standard InChI is InChI=1S/C21H22N2O2/c1-16-20(10-13-25-16)21(24)18(15-22)14-17-6-8-19(9-7-17)23-11-4-2-3-5-12-23/h6-10,13-14H,2-5,11-12H2,1H3/b18-14+. The van der Waals surface area contributed by atoms with Gasteiger partial charge in [-0.15, -0.1) is 0 Å². The quantitative estimate of drug-likeness (QED) is 0.459. The van der Waals surface area contributed by atoms with Crippen molar-refractivity contribution in [3.8, 4) is 6.07 Å². The van der Waals surface area contributed by atoms with Crippen LogP contribution in [-0.4, -0.2) is 18.9 Å². The fourth-order valence-electron chi connectivity index (χ4n) is 3.19. The summed E-state index contributed by atoms with van der Waals surface area (Å²) in [5.74, 6) is 0.230. The smallest absolute Gasteiger partial charge is 0.207 e. The van der Waals surface area contributed by atoms with E-state index in [0.717, 1.165) is 18.7 Å². The van der Waals surface area contributed by atoms with Crippen LogP contribution in [0.25, 0.3) is 6.08 Å². The second kappa shape index (κ2) is 7.85. The lowest BCUT2D eigenvalue weighted by atomic mass is 10.0. The van der Waals surface area contributed by atoms with Crippen LogP contribution in [-0.2, 0) is 0 Å². The first-order chi connectivity index (χ1) is 12.2. The van der Waals surface area contributed by atoms with Crippen molar-refractivity contribution in [2.75, 3.05) is 18.0 Å². The molecule has 0 spiro atoms. The van der Waals surface area contributed by atoms with Crippen LogP contribution in [0.5, 0.6) is 0 Å². The summed E-state index contributed by atoms with van der Waals surface area (Å²) in [5, 5.41) is 9.36. The van der Waals surface area contributed by atoms with Gasteiger partial charge in [-0.05, 0) is 49.6 Å². The van der Waals surface area contributed by atoms with Crippen molar-refractivity contribution in [2.24, 2.45) is 0 Å². The van der Waals surface area contributed by atoms with Crippen LogP contribution in [0.4, 0.5) is 5.69 Å². The summed E-state index contributed by atoms with van der Waals surface area (Å²) in [6, 6.07) is 11.7. The molecule has 0 radical (unpaired) electrons. The minimum atomic E-state index is -0.301. The molecule has 0 bridgehead atoms. The van der Waals surface area contributed by atoms with Crippen molar-refractivity contribution in [1.82, 2.24) is 0 Å². The van der Waals surface area contributed by atoms with E-state index in [-0.39, 0.29) is 11.4 Å². The SMILES string of the molecule is Cc1occc1C(=O)/C(C#N)=C/c1ccc(N2CCCCCC2)cc1. The Kier molecular flexibility index (Phi) is 5.35. The highest BCUT2D eigenvalue weighted by Crippen LogP contribution is 2.22. The molecule has 0 aliphatic carbocycles. The van der Waals surface area contributed by atoms with Gasteiger partial charge in [0.15, 0.2) is 0 Å². The van der Waals surface area contributed by atoms with E-state index in [4.69, 9.17) is 4.42 Å². The van der Waals surface area contributed by atoms with E-state index < -0.39 is 0 Å². The Morgan fingerprint density at radius 2 is 1.80 bits per heavy atom. The van der Waals surface area contributed by atoms with Crippen LogP contribution in [0.15, 0.2) is 46.6 Å². The number of ketones is 1. The summed E-state index contributed by atoms with van der Waals surface area (Å²) in [6.07, 6.45) is 8.18. The first-order valence-electron chi connectivity index (χ1n) is 8.74. The van der Waals surface area contributed by atoms with Gasteiger partial charge in [0, 0.05) is 18.8 Å². The average Bonchev–Trinajstić information content (AvgIpc) is 2.89. The zero-order valence-corrected chi connectivity index (χ0v) is 14.5. The van der Waals surface area contributed by atoms with E-state index in [0.29, 0.717) is 11.3 Å². The Labute approximate surface area is 148 Å². The Balaban J connectivity index is 1.79. The molecule has 1 fully saturated rings. The van der Waals surface area contributed by atoms with E-state index in [1.165, 1.54) is 37.6 Å². The van der Waals surface area contributed by atoms with Crippen molar-refractivity contribution in [2.45, 2.75) is 32.6 Å². The summed E-state index contributed by atoms with van der Waals surface area (Å²) in [7, 11) is 0. The lowest BCUT2D eigenvalue weighted by Gasteiger charge is -2.22. The molecule has 25 heavy (non-hydrogen) atoms. The maximum Gasteiger partial charge on any atom is 0.207 e. The van der Waals surface area contributed by atoms with Gasteiger partial charge in [-0.25, -0.2) is 0 Å². The molecule has 2 aromatic rings. The minimum Gasteiger partial charge on any atom is -0.469 e. The Hall–Kier alpha value is -2.80. The normalized spacial score (nSPS) is 15.5. The highest BCUT2D eigenvalue weighted by molar-refractivity contribution is 6.14. The highest BCUT2D eigenvalue weighted by Gasteiger charge is 2.16. The molecule has 1 aliphatic heterocycles. The maximum absolute atomic E-state index is 12.5. The van der Waals surface area contributed by atoms with Gasteiger partial charge in [0.2, 0.25) is 5.78 Å². The first kappa shape index (κ1) is 17.0. The number of aryl methyl sites for hydroxylation is 1. The second-order valence-corrected chi connectivity index (χ2v) is 6.38. The van der Waals surface area contributed by atoms with Gasteiger partial charge in [-0.2, -0.15) is 5.26 Å². The summed E-state index contributed by atoms with van der Waals surface area (Å²) < 4.78 is 5.16. The van der Waals surface area contributed by atoms with E-state index in [1.807, 2.05) is 18.2 Å². The number of nitriles is 1. The molecule has 1 aliphatic rings. The van der Waals surface area contributed by atoms with Gasteiger partial charge in [-0.3, -0.25) is 4.79 Å². The van der Waals surface area contributed by atoms with Gasteiger partial charge in [-0.1, -0.05) is 25.0 Å². The van der Waals surface area contributed by atoms with Gasteiger partial charge < -0.3 is 9.32 Å². The topological polar surface area (TPSA) is 57.2 Å². The van der Waals surface area contributed by atoms with Crippen LogP contribution in [0.3, 0.4) is 0 Å². The summed E-state index contributed by atoms with van der Waals surface area (Å²) in [6.45, 7) is 3.91. The molecular weight excluding hydrogens is 312 g/mol. The minimum absolute atomic E-state index is 0.118. The monoisotopic (exact) mass is 334 g/mol. The summed E-state index contributed by atoms with van der Waals surface area (Å²) in [4.78, 5) is 14.9. The third-order valence-corrected chi connectivity index (χ3v) is 4.64. The van der Waals surface area contributed by atoms with E-state index >= 15 is 0 Å². The van der Waals surface area contributed by atoms with Crippen LogP contribution in [0, 0.1) is 18.3 Å². The molecule has 4 heteroatoms. The third kappa shape index (κ3) is 4.00. The van der Waals surface area contributed by atoms with Crippen LogP contribution < -0.4 is 4.90 Å². The third-order valence-electron chi connectivity index (χ3n) is 4.64. The lowest BCUT2D eigenvalue weighted by molar-refractivity contribution is 0.103. The number of carbonyl (C=O) groups is 1. The Morgan fingerprint density at radius 3 is 2.36 bits per heavy atom. The van der Waals surface area contributed by atoms with E-state index in [9.17, 15) is 10.1 Å². The van der Waals surface area contributed by atoms with Crippen molar-refractivity contribution in [1.29, 1.82) is 5.26 Å². The zero-order valence-electron chi connectivity index (χ0n) is 14.5. The number of rotatable bonds is 4. The molecule has 1 saturated heterocycles. The van der Waals surface area contributed by atoms with Crippen molar-refractivity contribution in [3.05, 3.63) is 59.1 Å². The molecule has 128 valence electrons. The highest BCUT2D eigenvalue weighted by atomic mass is 16.3. The molecule has 0 amide bonds. The predicted molar refractivity (Wildman–Crippen MR) is 98.5 cm³/mol. The average molecular weight is 334 g/mol. The molecule has 0 unspecified atom stereocenters. The van der Waals surface area contributed by atoms with E-state index in [2.05, 4.69) is 17.0 Å². The second-order valence-electron chi connectivity index (χ2n) is 6.38. The van der Waals surface area contributed by atoms with Crippen molar-refractivity contribution in [3.63, 3.8) is 0 Å². The van der Waals surface area contributed by atoms with E-state index in [1.54, 1.807) is 19.1 Å². The van der Waals surface area contributed by atoms with Crippen LogP contribution >= 0.6 is 0 Å². The summed E-state index contributed by atoms with van der Waals surface area (Å²) >= 11 is 0. The number of nitrogens with zero attached hydrogens (tertiary/aromatic N) is 2. The fourth-order valence-corrected chi connectivity index (χ4v) is 3.19. The predicted octanol–water partition coefficient (Wildman–Crippen LogP) is 4.76. The number of allylic oxidation sites excluding steroid dienone is 1. The number of benzene rings is 1. The first-order valence-corrected chi connectivity index (χ1v) is 8.74. The number of hydrogen-bond donors (Lipinski definition) is 0. The molecule has 3 rings (SSSR count). The van der Waals surface area contributed by atoms with Crippen molar-refractivity contribution < 1.29 is 9.21 Å². The number of Topliss-reactive ketones (excluding diaryl/α,β-unsaturated/α-hetero) is 1. The van der Waals surface area contributed by atoms with Gasteiger partial charge in [0.25, 0.3) is 0 Å². The Bertz CT molecular complexity index is 801. The molecule has 0 saturated carbocycles. The fraction of sp³-hybridized carbons (Fsp3) is 0.333. The molecule has 2 heterocycles. The lowest BCUT2D eigenvalue weighted by Crippen LogP contribution is -2.23. The molecule has 4 nitrogen and oxygen atoms in total. The van der Waals surface area contributed by atoms with Crippen LogP contribution in [0.1, 0.15) is 47.4 Å². The van der Waals surface area contributed by atoms with Crippen LogP contribution in [0.2, 0.25) is 0 Å². The molecule has 1 aromatic heterocycles. The van der Waals surface area contributed by atoms with Gasteiger partial charge in [0.05, 0.1) is 11.8 Å². The number of carbonyl (C=O) groups excluding carboxylic acids is 1. The maximum atomic E-state index is 12.5. The Morgan fingerprint density at radius 1 is 1.12 bits per heavy atom. The van der Waals surface area contributed by atoms with Gasteiger partial charge in [0.1, 0.15) is 17.4 Å². The summed E-state index contributed by atoms with van der Waals surface area (Å²) in [5.41, 5.74) is 2.61. The molecule has 0 N–H and O–H groups in total. The van der Waals surface area contributed by atoms with Crippen molar-refractivity contribution >= 4 is 17.5 Å². The zero-order chi connectivity index (χ0) is 17.6. The van der Waals surface area contributed by atoms with Gasteiger partial charge >= 0.3 is 0 Å². The molecular formula is C21H22N2O2. The number of hydrogen-bond acceptors (Lipinski definition) is 4. The largest absolute Gasteiger partial charge is 0.469 e. The molecule has 0 atom stereocenters. The number of furan rings is 1. The molecule has 1 aromatic carbocycles.